The average Bonchev–Trinajstić information content (AvgIpc) is 3.50. The summed E-state index contributed by atoms with van der Waals surface area (Å²) in [6, 6.07) is 13.1. The number of piperazine rings is 1. The van der Waals surface area contributed by atoms with Gasteiger partial charge in [0.15, 0.2) is 0 Å². The molecule has 0 radical (unpaired) electrons. The van der Waals surface area contributed by atoms with Crippen molar-refractivity contribution >= 4 is 11.7 Å². The molecule has 28 heavy (non-hydrogen) atoms. The van der Waals surface area contributed by atoms with Crippen molar-refractivity contribution < 1.29 is 9.18 Å². The van der Waals surface area contributed by atoms with Crippen LogP contribution >= 0.6 is 0 Å². The number of hydrogen-bond acceptors (Lipinski definition) is 2. The molecule has 0 atom stereocenters. The third-order valence-corrected chi connectivity index (χ3v) is 6.37. The first-order chi connectivity index (χ1) is 13.5. The molecule has 2 aromatic carbocycles. The van der Waals surface area contributed by atoms with Crippen LogP contribution in [0.1, 0.15) is 29.5 Å². The fourth-order valence-electron chi connectivity index (χ4n) is 4.11. The van der Waals surface area contributed by atoms with Crippen molar-refractivity contribution in [2.24, 2.45) is 0 Å². The Hall–Kier alpha value is -2.56. The standard InChI is InChI=1S/C23H28FN3O/c1-17-4-3-5-21(18(17)2)26-12-14-27(15-13-26)22(28)25-16-23(10-11-23)19-6-8-20(24)9-7-19/h3-9H,10-16H2,1-2H3,(H,25,28). The van der Waals surface area contributed by atoms with Gasteiger partial charge in [-0.2, -0.15) is 0 Å². The normalized spacial score (nSPS) is 18.1. The Bertz CT molecular complexity index is 853. The largest absolute Gasteiger partial charge is 0.368 e. The first-order valence-corrected chi connectivity index (χ1v) is 10.1. The number of urea groups is 1. The number of hydrogen-bond donors (Lipinski definition) is 1. The van der Waals surface area contributed by atoms with Crippen LogP contribution < -0.4 is 10.2 Å². The summed E-state index contributed by atoms with van der Waals surface area (Å²) in [6.45, 7) is 8.06. The van der Waals surface area contributed by atoms with Gasteiger partial charge in [-0.25, -0.2) is 9.18 Å². The molecule has 0 spiro atoms. The van der Waals surface area contributed by atoms with E-state index < -0.39 is 0 Å². The van der Waals surface area contributed by atoms with Crippen LogP contribution in [0.3, 0.4) is 0 Å². The third kappa shape index (κ3) is 3.71. The average molecular weight is 381 g/mol. The van der Waals surface area contributed by atoms with E-state index in [4.69, 9.17) is 0 Å². The topological polar surface area (TPSA) is 35.6 Å². The van der Waals surface area contributed by atoms with E-state index >= 15 is 0 Å². The molecule has 1 heterocycles. The number of carbonyl (C=O) groups excluding carboxylic acids is 1. The summed E-state index contributed by atoms with van der Waals surface area (Å²) in [7, 11) is 0. The Morgan fingerprint density at radius 1 is 1.04 bits per heavy atom. The van der Waals surface area contributed by atoms with Gasteiger partial charge in [0.1, 0.15) is 5.82 Å². The summed E-state index contributed by atoms with van der Waals surface area (Å²) in [5.74, 6) is -0.217. The Labute approximate surface area is 166 Å². The lowest BCUT2D eigenvalue weighted by Crippen LogP contribution is -2.52. The highest BCUT2D eigenvalue weighted by molar-refractivity contribution is 5.75. The third-order valence-electron chi connectivity index (χ3n) is 6.37. The molecule has 2 aromatic rings. The van der Waals surface area contributed by atoms with Gasteiger partial charge in [-0.3, -0.25) is 0 Å². The molecule has 1 N–H and O–H groups in total. The number of anilines is 1. The number of benzene rings is 2. The van der Waals surface area contributed by atoms with Crippen LogP contribution in [0.5, 0.6) is 0 Å². The van der Waals surface area contributed by atoms with E-state index in [1.165, 1.54) is 28.9 Å². The molecule has 4 nitrogen and oxygen atoms in total. The molecule has 5 heteroatoms. The maximum Gasteiger partial charge on any atom is 0.317 e. The molecule has 1 aliphatic carbocycles. The molecule has 2 aliphatic rings. The van der Waals surface area contributed by atoms with Gasteiger partial charge in [0.25, 0.3) is 0 Å². The maximum atomic E-state index is 13.2. The first kappa shape index (κ1) is 18.8. The molecule has 4 rings (SSSR count). The van der Waals surface area contributed by atoms with Crippen LogP contribution in [0.25, 0.3) is 0 Å². The zero-order chi connectivity index (χ0) is 19.7. The second kappa shape index (κ2) is 7.46. The Morgan fingerprint density at radius 2 is 1.71 bits per heavy atom. The van der Waals surface area contributed by atoms with E-state index in [1.54, 1.807) is 0 Å². The fraction of sp³-hybridized carbons (Fsp3) is 0.435. The number of carbonyl (C=O) groups is 1. The lowest BCUT2D eigenvalue weighted by molar-refractivity contribution is 0.193. The summed E-state index contributed by atoms with van der Waals surface area (Å²) in [5.41, 5.74) is 5.00. The lowest BCUT2D eigenvalue weighted by Gasteiger charge is -2.37. The van der Waals surface area contributed by atoms with Gasteiger partial charge in [0.05, 0.1) is 0 Å². The molecule has 1 saturated carbocycles. The van der Waals surface area contributed by atoms with Crippen LogP contribution in [-0.4, -0.2) is 43.7 Å². The lowest BCUT2D eigenvalue weighted by atomic mass is 9.96. The number of rotatable bonds is 4. The van der Waals surface area contributed by atoms with Gasteiger partial charge in [-0.1, -0.05) is 24.3 Å². The van der Waals surface area contributed by atoms with Crippen molar-refractivity contribution in [2.75, 3.05) is 37.6 Å². The predicted molar refractivity (Wildman–Crippen MR) is 110 cm³/mol. The molecular weight excluding hydrogens is 353 g/mol. The zero-order valence-corrected chi connectivity index (χ0v) is 16.7. The number of amides is 2. The molecule has 2 fully saturated rings. The first-order valence-electron chi connectivity index (χ1n) is 10.1. The van der Waals surface area contributed by atoms with Crippen molar-refractivity contribution in [3.63, 3.8) is 0 Å². The van der Waals surface area contributed by atoms with Crippen molar-refractivity contribution in [1.29, 1.82) is 0 Å². The van der Waals surface area contributed by atoms with E-state index in [2.05, 4.69) is 42.3 Å². The van der Waals surface area contributed by atoms with Crippen LogP contribution in [0.2, 0.25) is 0 Å². The minimum Gasteiger partial charge on any atom is -0.368 e. The van der Waals surface area contributed by atoms with E-state index in [0.717, 1.165) is 44.6 Å². The molecule has 1 aliphatic heterocycles. The van der Waals surface area contributed by atoms with Gasteiger partial charge < -0.3 is 15.1 Å². The second-order valence-corrected chi connectivity index (χ2v) is 8.14. The van der Waals surface area contributed by atoms with Crippen molar-refractivity contribution in [3.8, 4) is 0 Å². The number of halogens is 1. The predicted octanol–water partition coefficient (Wildman–Crippen LogP) is 4.01. The summed E-state index contributed by atoms with van der Waals surface area (Å²) < 4.78 is 13.2. The van der Waals surface area contributed by atoms with Crippen LogP contribution in [0.15, 0.2) is 42.5 Å². The van der Waals surface area contributed by atoms with Crippen molar-refractivity contribution in [1.82, 2.24) is 10.2 Å². The smallest absolute Gasteiger partial charge is 0.317 e. The summed E-state index contributed by atoms with van der Waals surface area (Å²) in [6.07, 6.45) is 2.08. The maximum absolute atomic E-state index is 13.2. The minimum absolute atomic E-state index is 0.00833. The molecule has 0 aromatic heterocycles. The Kier molecular flexibility index (Phi) is 5.00. The number of nitrogens with zero attached hydrogens (tertiary/aromatic N) is 2. The van der Waals surface area contributed by atoms with Crippen LogP contribution in [0, 0.1) is 19.7 Å². The molecule has 1 saturated heterocycles. The fourth-order valence-corrected chi connectivity index (χ4v) is 4.11. The molecule has 2 amide bonds. The molecule has 0 unspecified atom stereocenters. The van der Waals surface area contributed by atoms with E-state index in [0.29, 0.717) is 6.54 Å². The van der Waals surface area contributed by atoms with Crippen molar-refractivity contribution in [2.45, 2.75) is 32.1 Å². The highest BCUT2D eigenvalue weighted by atomic mass is 19.1. The zero-order valence-electron chi connectivity index (χ0n) is 16.7. The van der Waals surface area contributed by atoms with E-state index in [1.807, 2.05) is 17.0 Å². The number of aryl methyl sites for hydroxylation is 1. The van der Waals surface area contributed by atoms with Crippen molar-refractivity contribution in [3.05, 3.63) is 65.0 Å². The van der Waals surface area contributed by atoms with Gasteiger partial charge in [-0.05, 0) is 61.6 Å². The monoisotopic (exact) mass is 381 g/mol. The quantitative estimate of drug-likeness (QED) is 0.869. The summed E-state index contributed by atoms with van der Waals surface area (Å²) in [5, 5.41) is 3.12. The van der Waals surface area contributed by atoms with Gasteiger partial charge in [0, 0.05) is 43.8 Å². The van der Waals surface area contributed by atoms with Crippen LogP contribution in [-0.2, 0) is 5.41 Å². The molecule has 148 valence electrons. The van der Waals surface area contributed by atoms with Gasteiger partial charge >= 0.3 is 6.03 Å². The van der Waals surface area contributed by atoms with Gasteiger partial charge in [-0.15, -0.1) is 0 Å². The highest BCUT2D eigenvalue weighted by Crippen LogP contribution is 2.47. The molecular formula is C23H28FN3O. The highest BCUT2D eigenvalue weighted by Gasteiger charge is 2.44. The SMILES string of the molecule is Cc1cccc(N2CCN(C(=O)NCC3(c4ccc(F)cc4)CC3)CC2)c1C. The Balaban J connectivity index is 1.31. The van der Waals surface area contributed by atoms with E-state index in [9.17, 15) is 9.18 Å². The molecule has 0 bridgehead atoms. The summed E-state index contributed by atoms with van der Waals surface area (Å²) >= 11 is 0. The number of nitrogens with one attached hydrogen (secondary N) is 1. The second-order valence-electron chi connectivity index (χ2n) is 8.14. The van der Waals surface area contributed by atoms with E-state index in [-0.39, 0.29) is 17.3 Å². The Morgan fingerprint density at radius 3 is 2.36 bits per heavy atom. The van der Waals surface area contributed by atoms with Crippen LogP contribution in [0.4, 0.5) is 14.9 Å². The van der Waals surface area contributed by atoms with Gasteiger partial charge in [0.2, 0.25) is 0 Å². The minimum atomic E-state index is -0.217. The summed E-state index contributed by atoms with van der Waals surface area (Å²) in [4.78, 5) is 16.9.